The monoisotopic (exact) mass is 344 g/mol. The molecule has 3 rings (SSSR count). The molecule has 1 aliphatic carbocycles. The van der Waals surface area contributed by atoms with Gasteiger partial charge >= 0.3 is 0 Å². The van der Waals surface area contributed by atoms with E-state index in [0.717, 1.165) is 10.5 Å². The van der Waals surface area contributed by atoms with E-state index in [1.165, 1.54) is 17.0 Å². The van der Waals surface area contributed by atoms with Crippen molar-refractivity contribution >= 4 is 17.7 Å². The summed E-state index contributed by atoms with van der Waals surface area (Å²) in [7, 11) is 1.62. The average molecular weight is 344 g/mol. The summed E-state index contributed by atoms with van der Waals surface area (Å²) in [5.74, 6) is -1.82. The van der Waals surface area contributed by atoms with Crippen molar-refractivity contribution in [2.24, 2.45) is 11.8 Å². The van der Waals surface area contributed by atoms with Crippen LogP contribution in [0.15, 0.2) is 36.4 Å². The predicted molar refractivity (Wildman–Crippen MR) is 89.7 cm³/mol. The zero-order valence-corrected chi connectivity index (χ0v) is 14.3. The molecule has 0 spiro atoms. The average Bonchev–Trinajstić information content (AvgIpc) is 2.86. The lowest BCUT2D eigenvalue weighted by molar-refractivity contribution is -0.146. The van der Waals surface area contributed by atoms with Gasteiger partial charge < -0.3 is 4.90 Å². The van der Waals surface area contributed by atoms with Gasteiger partial charge in [-0.2, -0.15) is 0 Å². The largest absolute Gasteiger partial charge is 0.337 e. The second-order valence-corrected chi connectivity index (χ2v) is 6.65. The molecule has 3 atom stereocenters. The molecule has 1 saturated heterocycles. The highest BCUT2D eigenvalue weighted by atomic mass is 19.1. The molecule has 1 heterocycles. The Bertz CT molecular complexity index is 703. The third-order valence-corrected chi connectivity index (χ3v) is 5.22. The first-order chi connectivity index (χ1) is 11.9. The van der Waals surface area contributed by atoms with Crippen LogP contribution in [0.2, 0.25) is 0 Å². The van der Waals surface area contributed by atoms with Crippen LogP contribution >= 0.6 is 0 Å². The van der Waals surface area contributed by atoms with Crippen LogP contribution in [0.5, 0.6) is 0 Å². The van der Waals surface area contributed by atoms with E-state index < -0.39 is 0 Å². The minimum atomic E-state index is -0.339. The summed E-state index contributed by atoms with van der Waals surface area (Å²) < 4.78 is 13.0. The lowest BCUT2D eigenvalue weighted by atomic mass is 9.85. The summed E-state index contributed by atoms with van der Waals surface area (Å²) in [4.78, 5) is 40.0. The molecule has 25 heavy (non-hydrogen) atoms. The highest BCUT2D eigenvalue weighted by Crippen LogP contribution is 2.35. The summed E-state index contributed by atoms with van der Waals surface area (Å²) in [5.41, 5.74) is 0.786. The molecule has 0 saturated carbocycles. The van der Waals surface area contributed by atoms with Crippen LogP contribution in [-0.2, 0) is 14.4 Å². The van der Waals surface area contributed by atoms with E-state index in [-0.39, 0.29) is 48.0 Å². The molecule has 132 valence electrons. The van der Waals surface area contributed by atoms with Gasteiger partial charge in [0, 0.05) is 7.05 Å². The van der Waals surface area contributed by atoms with Gasteiger partial charge in [0.15, 0.2) is 0 Å². The highest BCUT2D eigenvalue weighted by molar-refractivity contribution is 6.07. The van der Waals surface area contributed by atoms with Crippen molar-refractivity contribution in [2.75, 3.05) is 13.6 Å². The van der Waals surface area contributed by atoms with Crippen LogP contribution in [0, 0.1) is 17.7 Å². The minimum Gasteiger partial charge on any atom is -0.337 e. The molecule has 0 unspecified atom stereocenters. The second-order valence-electron chi connectivity index (χ2n) is 6.65. The highest BCUT2D eigenvalue weighted by Gasteiger charge is 2.47. The van der Waals surface area contributed by atoms with Gasteiger partial charge in [-0.15, -0.1) is 0 Å². The van der Waals surface area contributed by atoms with E-state index in [1.54, 1.807) is 19.2 Å². The van der Waals surface area contributed by atoms with Crippen LogP contribution < -0.4 is 0 Å². The fourth-order valence-corrected chi connectivity index (χ4v) is 3.45. The molecule has 1 aromatic carbocycles. The minimum absolute atomic E-state index is 0.243. The van der Waals surface area contributed by atoms with Crippen LogP contribution in [0.1, 0.15) is 31.4 Å². The summed E-state index contributed by atoms with van der Waals surface area (Å²) in [5, 5.41) is 0. The van der Waals surface area contributed by atoms with Crippen molar-refractivity contribution in [3.63, 3.8) is 0 Å². The summed E-state index contributed by atoms with van der Waals surface area (Å²) >= 11 is 0. The van der Waals surface area contributed by atoms with Gasteiger partial charge in [0.25, 0.3) is 0 Å². The van der Waals surface area contributed by atoms with E-state index in [4.69, 9.17) is 0 Å². The predicted octanol–water partition coefficient (Wildman–Crippen LogP) is 2.30. The van der Waals surface area contributed by atoms with E-state index >= 15 is 0 Å². The molecular weight excluding hydrogens is 323 g/mol. The molecule has 6 heteroatoms. The molecule has 1 aliphatic heterocycles. The maximum atomic E-state index is 13.0. The van der Waals surface area contributed by atoms with Gasteiger partial charge in [-0.1, -0.05) is 24.3 Å². The van der Waals surface area contributed by atoms with Gasteiger partial charge in [0.05, 0.1) is 17.9 Å². The summed E-state index contributed by atoms with van der Waals surface area (Å²) in [6, 6.07) is 5.64. The Balaban J connectivity index is 1.68. The van der Waals surface area contributed by atoms with E-state index in [1.807, 2.05) is 19.1 Å². The SMILES string of the molecule is C[C@H](c1ccc(F)cc1)N(C)C(=O)CN1C(=O)[C@H]2CC=CC[C@@H]2C1=O. The number of hydrogen-bond acceptors (Lipinski definition) is 3. The summed E-state index contributed by atoms with van der Waals surface area (Å²) in [6.45, 7) is 1.58. The number of carbonyl (C=O) groups is 3. The normalized spacial score (nSPS) is 23.6. The van der Waals surface area contributed by atoms with Gasteiger partial charge in [-0.25, -0.2) is 4.39 Å². The number of imide groups is 1. The van der Waals surface area contributed by atoms with Crippen molar-refractivity contribution < 1.29 is 18.8 Å². The standard InChI is InChI=1S/C19H21FN2O3/c1-12(13-7-9-14(20)10-8-13)21(2)17(23)11-22-18(24)15-5-3-4-6-16(15)19(22)25/h3-4,7-10,12,15-16H,5-6,11H2,1-2H3/t12-,15+,16+/m1/s1. The second kappa shape index (κ2) is 6.78. The molecule has 1 aromatic rings. The first-order valence-corrected chi connectivity index (χ1v) is 8.41. The van der Waals surface area contributed by atoms with Gasteiger partial charge in [-0.05, 0) is 37.5 Å². The van der Waals surface area contributed by atoms with Crippen molar-refractivity contribution in [2.45, 2.75) is 25.8 Å². The number of fused-ring (bicyclic) bond motifs is 1. The number of likely N-dealkylation sites (tertiary alicyclic amines) is 1. The number of halogens is 1. The van der Waals surface area contributed by atoms with Crippen LogP contribution in [0.25, 0.3) is 0 Å². The Hall–Kier alpha value is -2.50. The molecular formula is C19H21FN2O3. The van der Waals surface area contributed by atoms with Crippen molar-refractivity contribution in [1.82, 2.24) is 9.80 Å². The van der Waals surface area contributed by atoms with Crippen LogP contribution in [-0.4, -0.2) is 41.1 Å². The third kappa shape index (κ3) is 3.21. The zero-order chi connectivity index (χ0) is 18.1. The smallest absolute Gasteiger partial charge is 0.242 e. The number of allylic oxidation sites excluding steroid dienone is 2. The fraction of sp³-hybridized carbons (Fsp3) is 0.421. The van der Waals surface area contributed by atoms with Crippen molar-refractivity contribution in [1.29, 1.82) is 0 Å². The van der Waals surface area contributed by atoms with Gasteiger partial charge in [-0.3, -0.25) is 19.3 Å². The maximum absolute atomic E-state index is 13.0. The third-order valence-electron chi connectivity index (χ3n) is 5.22. The molecule has 1 fully saturated rings. The van der Waals surface area contributed by atoms with Gasteiger partial charge in [0.2, 0.25) is 17.7 Å². The number of benzene rings is 1. The first kappa shape index (κ1) is 17.3. The molecule has 0 bridgehead atoms. The fourth-order valence-electron chi connectivity index (χ4n) is 3.45. The number of likely N-dealkylation sites (N-methyl/N-ethyl adjacent to an activating group) is 1. The maximum Gasteiger partial charge on any atom is 0.242 e. The van der Waals surface area contributed by atoms with Crippen LogP contribution in [0.3, 0.4) is 0 Å². The Morgan fingerprint density at radius 1 is 1.16 bits per heavy atom. The quantitative estimate of drug-likeness (QED) is 0.622. The van der Waals surface area contributed by atoms with Crippen molar-refractivity contribution in [3.8, 4) is 0 Å². The lowest BCUT2D eigenvalue weighted by Crippen LogP contribution is -2.42. The Morgan fingerprint density at radius 2 is 1.68 bits per heavy atom. The van der Waals surface area contributed by atoms with Crippen molar-refractivity contribution in [3.05, 3.63) is 47.8 Å². The number of nitrogens with zero attached hydrogens (tertiary/aromatic N) is 2. The lowest BCUT2D eigenvalue weighted by Gasteiger charge is -2.27. The Kier molecular flexibility index (Phi) is 4.70. The Labute approximate surface area is 146 Å². The molecule has 0 radical (unpaired) electrons. The molecule has 3 amide bonds. The topological polar surface area (TPSA) is 57.7 Å². The number of rotatable bonds is 4. The zero-order valence-electron chi connectivity index (χ0n) is 14.3. The number of hydrogen-bond donors (Lipinski definition) is 0. The molecule has 5 nitrogen and oxygen atoms in total. The summed E-state index contributed by atoms with van der Waals surface area (Å²) in [6.07, 6.45) is 4.95. The molecule has 2 aliphatic rings. The molecule has 0 aromatic heterocycles. The molecule has 0 N–H and O–H groups in total. The van der Waals surface area contributed by atoms with Gasteiger partial charge in [0.1, 0.15) is 12.4 Å². The number of amides is 3. The number of carbonyl (C=O) groups excluding carboxylic acids is 3. The first-order valence-electron chi connectivity index (χ1n) is 8.41. The van der Waals surface area contributed by atoms with Crippen LogP contribution in [0.4, 0.5) is 4.39 Å². The van der Waals surface area contributed by atoms with E-state index in [9.17, 15) is 18.8 Å². The van der Waals surface area contributed by atoms with E-state index in [2.05, 4.69) is 0 Å². The van der Waals surface area contributed by atoms with E-state index in [0.29, 0.717) is 12.8 Å². The Morgan fingerprint density at radius 3 is 2.20 bits per heavy atom.